The SMILES string of the molecule is Cc1c[nH]c(-c2ccc(NC(=O)c3ccc(CN4CCCCC4)c(Br)c3)cc2)c1-c1nccc(-c2cccnc2)n1. The quantitative estimate of drug-likeness (QED) is 0.200. The van der Waals surface area contributed by atoms with Crippen molar-refractivity contribution in [3.8, 4) is 33.9 Å². The highest BCUT2D eigenvalue weighted by Crippen LogP contribution is 2.34. The van der Waals surface area contributed by atoms with Gasteiger partial charge in [0.2, 0.25) is 0 Å². The van der Waals surface area contributed by atoms with Gasteiger partial charge in [0.1, 0.15) is 0 Å². The molecule has 1 fully saturated rings. The molecule has 41 heavy (non-hydrogen) atoms. The van der Waals surface area contributed by atoms with E-state index in [-0.39, 0.29) is 5.91 Å². The van der Waals surface area contributed by atoms with Crippen LogP contribution in [-0.2, 0) is 6.54 Å². The normalized spacial score (nSPS) is 13.7. The number of H-pyrrole nitrogens is 1. The van der Waals surface area contributed by atoms with Gasteiger partial charge in [-0.2, -0.15) is 0 Å². The summed E-state index contributed by atoms with van der Waals surface area (Å²) in [5.41, 5.74) is 8.22. The first kappa shape index (κ1) is 27.1. The monoisotopic (exact) mass is 606 g/mol. The Labute approximate surface area is 248 Å². The minimum absolute atomic E-state index is 0.139. The Morgan fingerprint density at radius 3 is 2.59 bits per heavy atom. The van der Waals surface area contributed by atoms with Crippen molar-refractivity contribution in [3.63, 3.8) is 0 Å². The zero-order valence-corrected chi connectivity index (χ0v) is 24.5. The van der Waals surface area contributed by atoms with Gasteiger partial charge in [-0.05, 0) is 92.0 Å². The molecule has 0 aliphatic carbocycles. The van der Waals surface area contributed by atoms with E-state index in [1.165, 1.54) is 24.8 Å². The highest BCUT2D eigenvalue weighted by atomic mass is 79.9. The van der Waals surface area contributed by atoms with E-state index in [9.17, 15) is 4.79 Å². The summed E-state index contributed by atoms with van der Waals surface area (Å²) in [6.45, 7) is 5.22. The standard InChI is InChI=1S/C33H31BrN6O/c1-22-19-37-31(30(22)32-36-15-13-29(39-32)25-6-5-14-35-20-25)23-9-11-27(12-10-23)38-33(41)24-7-8-26(28(34)18-24)21-40-16-3-2-4-17-40/h5-15,18-20,37H,2-4,16-17,21H2,1H3,(H,38,41). The molecule has 1 aliphatic heterocycles. The Hall–Kier alpha value is -4.14. The zero-order chi connectivity index (χ0) is 28.2. The van der Waals surface area contributed by atoms with Crippen LogP contribution in [0.3, 0.4) is 0 Å². The number of nitrogens with zero attached hydrogens (tertiary/aromatic N) is 4. The minimum atomic E-state index is -0.139. The van der Waals surface area contributed by atoms with E-state index in [0.29, 0.717) is 11.4 Å². The molecule has 5 aromatic rings. The second-order valence-corrected chi connectivity index (χ2v) is 11.3. The lowest BCUT2D eigenvalue weighted by Crippen LogP contribution is -2.29. The van der Waals surface area contributed by atoms with Gasteiger partial charge in [0.05, 0.1) is 11.4 Å². The number of amides is 1. The Morgan fingerprint density at radius 1 is 1.00 bits per heavy atom. The summed E-state index contributed by atoms with van der Waals surface area (Å²) in [6, 6.07) is 19.5. The number of anilines is 1. The minimum Gasteiger partial charge on any atom is -0.360 e. The molecule has 3 aromatic heterocycles. The number of likely N-dealkylation sites (tertiary alicyclic amines) is 1. The molecule has 1 amide bonds. The molecule has 1 saturated heterocycles. The summed E-state index contributed by atoms with van der Waals surface area (Å²) >= 11 is 3.69. The average Bonchev–Trinajstić information content (AvgIpc) is 3.40. The highest BCUT2D eigenvalue weighted by Gasteiger charge is 2.17. The third kappa shape index (κ3) is 6.14. The largest absolute Gasteiger partial charge is 0.360 e. The van der Waals surface area contributed by atoms with Crippen molar-refractivity contribution in [1.82, 2.24) is 24.8 Å². The number of hydrogen-bond acceptors (Lipinski definition) is 5. The number of carbonyl (C=O) groups is 1. The van der Waals surface area contributed by atoms with Gasteiger partial charge in [-0.3, -0.25) is 14.7 Å². The van der Waals surface area contributed by atoms with Crippen LogP contribution in [0.1, 0.15) is 40.7 Å². The molecule has 0 atom stereocenters. The maximum Gasteiger partial charge on any atom is 0.255 e. The summed E-state index contributed by atoms with van der Waals surface area (Å²) in [4.78, 5) is 32.5. The first-order chi connectivity index (χ1) is 20.0. The lowest BCUT2D eigenvalue weighted by atomic mass is 10.0. The Kier molecular flexibility index (Phi) is 8.02. The lowest BCUT2D eigenvalue weighted by molar-refractivity contribution is 0.102. The van der Waals surface area contributed by atoms with Gasteiger partial charge in [0, 0.05) is 58.2 Å². The molecule has 0 bridgehead atoms. The summed E-state index contributed by atoms with van der Waals surface area (Å²) < 4.78 is 0.968. The molecule has 2 aromatic carbocycles. The van der Waals surface area contributed by atoms with E-state index >= 15 is 0 Å². The number of benzene rings is 2. The van der Waals surface area contributed by atoms with E-state index in [1.807, 2.05) is 67.7 Å². The van der Waals surface area contributed by atoms with Crippen LogP contribution < -0.4 is 5.32 Å². The number of halogens is 1. The third-order valence-electron chi connectivity index (χ3n) is 7.50. The summed E-state index contributed by atoms with van der Waals surface area (Å²) in [7, 11) is 0. The van der Waals surface area contributed by atoms with E-state index in [2.05, 4.69) is 47.2 Å². The average molecular weight is 608 g/mol. The van der Waals surface area contributed by atoms with E-state index in [4.69, 9.17) is 4.98 Å². The fraction of sp³-hybridized carbons (Fsp3) is 0.212. The number of aromatic nitrogens is 4. The number of pyridine rings is 1. The van der Waals surface area contributed by atoms with Gasteiger partial charge >= 0.3 is 0 Å². The number of carbonyl (C=O) groups excluding carboxylic acids is 1. The summed E-state index contributed by atoms with van der Waals surface area (Å²) in [5.74, 6) is 0.506. The lowest BCUT2D eigenvalue weighted by Gasteiger charge is -2.26. The fourth-order valence-electron chi connectivity index (χ4n) is 5.29. The van der Waals surface area contributed by atoms with Crippen LogP contribution in [0.4, 0.5) is 5.69 Å². The number of aryl methyl sites for hydroxylation is 1. The van der Waals surface area contributed by atoms with Crippen molar-refractivity contribution in [1.29, 1.82) is 0 Å². The molecular weight excluding hydrogens is 576 g/mol. The highest BCUT2D eigenvalue weighted by molar-refractivity contribution is 9.10. The number of nitrogens with one attached hydrogen (secondary N) is 2. The number of rotatable bonds is 7. The number of hydrogen-bond donors (Lipinski definition) is 2. The molecule has 0 saturated carbocycles. The Bertz CT molecular complexity index is 1660. The van der Waals surface area contributed by atoms with Crippen molar-refractivity contribution in [2.45, 2.75) is 32.7 Å². The van der Waals surface area contributed by atoms with Gasteiger partial charge in [-0.1, -0.05) is 40.5 Å². The summed E-state index contributed by atoms with van der Waals surface area (Å²) in [6.07, 6.45) is 11.1. The predicted octanol–water partition coefficient (Wildman–Crippen LogP) is 7.51. The van der Waals surface area contributed by atoms with E-state index in [1.54, 1.807) is 18.6 Å². The number of piperidine rings is 1. The molecule has 0 spiro atoms. The third-order valence-corrected chi connectivity index (χ3v) is 8.24. The molecule has 206 valence electrons. The van der Waals surface area contributed by atoms with Gasteiger partial charge in [0.25, 0.3) is 5.91 Å². The molecule has 0 radical (unpaired) electrons. The van der Waals surface area contributed by atoms with Crippen LogP contribution in [0.2, 0.25) is 0 Å². The Morgan fingerprint density at radius 2 is 1.83 bits per heavy atom. The van der Waals surface area contributed by atoms with E-state index < -0.39 is 0 Å². The van der Waals surface area contributed by atoms with Crippen molar-refractivity contribution in [2.75, 3.05) is 18.4 Å². The van der Waals surface area contributed by atoms with Crippen molar-refractivity contribution >= 4 is 27.5 Å². The van der Waals surface area contributed by atoms with Crippen LogP contribution in [0.5, 0.6) is 0 Å². The maximum atomic E-state index is 13.0. The van der Waals surface area contributed by atoms with Gasteiger partial charge < -0.3 is 10.3 Å². The smallest absolute Gasteiger partial charge is 0.255 e. The Balaban J connectivity index is 1.17. The maximum absolute atomic E-state index is 13.0. The van der Waals surface area contributed by atoms with Crippen molar-refractivity contribution in [2.24, 2.45) is 0 Å². The molecule has 1 aliphatic rings. The molecule has 0 unspecified atom stereocenters. The fourth-order valence-corrected chi connectivity index (χ4v) is 5.79. The molecule has 2 N–H and O–H groups in total. The first-order valence-corrected chi connectivity index (χ1v) is 14.7. The number of aromatic amines is 1. The molecule has 4 heterocycles. The van der Waals surface area contributed by atoms with Crippen molar-refractivity contribution in [3.05, 3.63) is 107 Å². The zero-order valence-electron chi connectivity index (χ0n) is 22.9. The molecule has 6 rings (SSSR count). The molecule has 7 nitrogen and oxygen atoms in total. The predicted molar refractivity (Wildman–Crippen MR) is 166 cm³/mol. The van der Waals surface area contributed by atoms with Gasteiger partial charge in [-0.25, -0.2) is 9.97 Å². The van der Waals surface area contributed by atoms with E-state index in [0.717, 1.165) is 63.4 Å². The second-order valence-electron chi connectivity index (χ2n) is 10.4. The molecule has 8 heteroatoms. The van der Waals surface area contributed by atoms with Crippen LogP contribution in [0.25, 0.3) is 33.9 Å². The first-order valence-electron chi connectivity index (χ1n) is 13.9. The van der Waals surface area contributed by atoms with Gasteiger partial charge in [0.15, 0.2) is 5.82 Å². The van der Waals surface area contributed by atoms with Crippen molar-refractivity contribution < 1.29 is 4.79 Å². The molecular formula is C33H31BrN6O. The van der Waals surface area contributed by atoms with Gasteiger partial charge in [-0.15, -0.1) is 0 Å². The topological polar surface area (TPSA) is 86.8 Å². The van der Waals surface area contributed by atoms with Crippen LogP contribution in [0, 0.1) is 6.92 Å². The van der Waals surface area contributed by atoms with Crippen LogP contribution in [0.15, 0.2) is 89.9 Å². The van der Waals surface area contributed by atoms with Crippen LogP contribution in [-0.4, -0.2) is 43.8 Å². The summed E-state index contributed by atoms with van der Waals surface area (Å²) in [5, 5.41) is 3.03. The second kappa shape index (κ2) is 12.2. The van der Waals surface area contributed by atoms with Crippen LogP contribution >= 0.6 is 15.9 Å².